The maximum absolute atomic E-state index is 5.97. The molecule has 3 nitrogen and oxygen atoms in total. The number of nitrogens with one attached hydrogen (secondary N) is 1. The van der Waals surface area contributed by atoms with E-state index in [1.54, 1.807) is 0 Å². The second-order valence-corrected chi connectivity index (χ2v) is 7.30. The standard InChI is InChI=1S/C17H32N2O/c1-3-4-13-5-8-17(18-2)14(9-13)10-19-11-15-6-7-16(12-19)20-15/h13-18H,3-12H2,1-2H3. The topological polar surface area (TPSA) is 24.5 Å². The molecule has 0 radical (unpaired) electrons. The zero-order valence-electron chi connectivity index (χ0n) is 13.3. The van der Waals surface area contributed by atoms with E-state index in [9.17, 15) is 0 Å². The van der Waals surface area contributed by atoms with Crippen molar-refractivity contribution in [2.24, 2.45) is 11.8 Å². The van der Waals surface area contributed by atoms with Gasteiger partial charge in [0.1, 0.15) is 0 Å². The Kier molecular flexibility index (Phi) is 5.00. The van der Waals surface area contributed by atoms with E-state index in [1.165, 1.54) is 64.6 Å². The van der Waals surface area contributed by atoms with Crippen molar-refractivity contribution >= 4 is 0 Å². The summed E-state index contributed by atoms with van der Waals surface area (Å²) in [6.45, 7) is 5.99. The van der Waals surface area contributed by atoms with Crippen LogP contribution in [0, 0.1) is 11.8 Å². The second kappa shape index (κ2) is 6.76. The molecule has 0 aromatic rings. The Morgan fingerprint density at radius 2 is 1.85 bits per heavy atom. The van der Waals surface area contributed by atoms with Crippen molar-refractivity contribution in [1.82, 2.24) is 10.2 Å². The number of fused-ring (bicyclic) bond motifs is 2. The molecule has 2 saturated heterocycles. The van der Waals surface area contributed by atoms with Gasteiger partial charge in [0.05, 0.1) is 12.2 Å². The van der Waals surface area contributed by atoms with Gasteiger partial charge in [0.2, 0.25) is 0 Å². The van der Waals surface area contributed by atoms with E-state index in [0.717, 1.165) is 17.9 Å². The Labute approximate surface area is 124 Å². The van der Waals surface area contributed by atoms with Crippen LogP contribution in [0.15, 0.2) is 0 Å². The van der Waals surface area contributed by atoms with Gasteiger partial charge in [0.25, 0.3) is 0 Å². The first-order valence-corrected chi connectivity index (χ1v) is 8.83. The van der Waals surface area contributed by atoms with E-state index in [2.05, 4.69) is 24.2 Å². The van der Waals surface area contributed by atoms with Gasteiger partial charge in [-0.2, -0.15) is 0 Å². The normalized spacial score (nSPS) is 42.0. The van der Waals surface area contributed by atoms with Gasteiger partial charge in [-0.1, -0.05) is 19.8 Å². The van der Waals surface area contributed by atoms with E-state index >= 15 is 0 Å². The average Bonchev–Trinajstić information content (AvgIpc) is 2.79. The van der Waals surface area contributed by atoms with Crippen LogP contribution in [0.1, 0.15) is 51.9 Å². The molecular weight excluding hydrogens is 248 g/mol. The summed E-state index contributed by atoms with van der Waals surface area (Å²) < 4.78 is 5.97. The van der Waals surface area contributed by atoms with Gasteiger partial charge >= 0.3 is 0 Å². The molecule has 0 spiro atoms. The van der Waals surface area contributed by atoms with Crippen LogP contribution in [0.2, 0.25) is 0 Å². The van der Waals surface area contributed by atoms with Crippen LogP contribution in [0.3, 0.4) is 0 Å². The highest BCUT2D eigenvalue weighted by molar-refractivity contribution is 4.90. The minimum atomic E-state index is 0.539. The lowest BCUT2D eigenvalue weighted by atomic mass is 9.76. The largest absolute Gasteiger partial charge is 0.372 e. The first kappa shape index (κ1) is 14.8. The number of hydrogen-bond donors (Lipinski definition) is 1. The number of rotatable bonds is 5. The highest BCUT2D eigenvalue weighted by Crippen LogP contribution is 2.34. The highest BCUT2D eigenvalue weighted by atomic mass is 16.5. The minimum Gasteiger partial charge on any atom is -0.372 e. The van der Waals surface area contributed by atoms with Crippen LogP contribution in [0.25, 0.3) is 0 Å². The van der Waals surface area contributed by atoms with E-state index in [1.807, 2.05) is 0 Å². The monoisotopic (exact) mass is 280 g/mol. The smallest absolute Gasteiger partial charge is 0.0707 e. The molecule has 3 rings (SSSR count). The number of morpholine rings is 1. The van der Waals surface area contributed by atoms with Gasteiger partial charge in [-0.15, -0.1) is 0 Å². The van der Waals surface area contributed by atoms with Crippen LogP contribution >= 0.6 is 0 Å². The van der Waals surface area contributed by atoms with Crippen molar-refractivity contribution in [1.29, 1.82) is 0 Å². The Morgan fingerprint density at radius 3 is 2.50 bits per heavy atom. The maximum Gasteiger partial charge on any atom is 0.0707 e. The predicted octanol–water partition coefficient (Wildman–Crippen LogP) is 2.65. The number of ether oxygens (including phenoxy) is 1. The van der Waals surface area contributed by atoms with Crippen LogP contribution in [-0.4, -0.2) is 49.8 Å². The van der Waals surface area contributed by atoms with E-state index in [4.69, 9.17) is 4.74 Å². The lowest BCUT2D eigenvalue weighted by molar-refractivity contribution is -0.0465. The van der Waals surface area contributed by atoms with Gasteiger partial charge in [0.15, 0.2) is 0 Å². The molecule has 3 heteroatoms. The first-order chi connectivity index (χ1) is 9.78. The quantitative estimate of drug-likeness (QED) is 0.838. The molecule has 1 saturated carbocycles. The number of nitrogens with zero attached hydrogens (tertiary/aromatic N) is 1. The van der Waals surface area contributed by atoms with Crippen LogP contribution < -0.4 is 5.32 Å². The van der Waals surface area contributed by atoms with Crippen molar-refractivity contribution in [2.45, 2.75) is 70.1 Å². The second-order valence-electron chi connectivity index (χ2n) is 7.30. The summed E-state index contributed by atoms with van der Waals surface area (Å²) in [6.07, 6.45) is 10.7. The number of hydrogen-bond acceptors (Lipinski definition) is 3. The molecule has 3 fully saturated rings. The fraction of sp³-hybridized carbons (Fsp3) is 1.00. The summed E-state index contributed by atoms with van der Waals surface area (Å²) in [4.78, 5) is 2.70. The molecule has 5 atom stereocenters. The first-order valence-electron chi connectivity index (χ1n) is 8.83. The van der Waals surface area contributed by atoms with E-state index in [-0.39, 0.29) is 0 Å². The molecule has 0 aromatic heterocycles. The van der Waals surface area contributed by atoms with E-state index in [0.29, 0.717) is 12.2 Å². The summed E-state index contributed by atoms with van der Waals surface area (Å²) in [5, 5.41) is 3.59. The third-order valence-electron chi connectivity index (χ3n) is 5.77. The molecule has 0 aromatic carbocycles. The van der Waals surface area contributed by atoms with Gasteiger partial charge in [0, 0.05) is 25.7 Å². The van der Waals surface area contributed by atoms with Crippen molar-refractivity contribution in [3.8, 4) is 0 Å². The molecule has 0 amide bonds. The van der Waals surface area contributed by atoms with Crippen LogP contribution in [0.4, 0.5) is 0 Å². The van der Waals surface area contributed by atoms with Crippen molar-refractivity contribution in [2.75, 3.05) is 26.7 Å². The lowest BCUT2D eigenvalue weighted by Crippen LogP contribution is -2.49. The fourth-order valence-corrected chi connectivity index (χ4v) is 4.79. The van der Waals surface area contributed by atoms with Crippen molar-refractivity contribution in [3.63, 3.8) is 0 Å². The van der Waals surface area contributed by atoms with Gasteiger partial charge in [-0.05, 0) is 51.0 Å². The molecule has 20 heavy (non-hydrogen) atoms. The van der Waals surface area contributed by atoms with Crippen LogP contribution in [-0.2, 0) is 4.74 Å². The van der Waals surface area contributed by atoms with Gasteiger partial charge in [-0.25, -0.2) is 0 Å². The van der Waals surface area contributed by atoms with Crippen LogP contribution in [0.5, 0.6) is 0 Å². The van der Waals surface area contributed by atoms with Crippen molar-refractivity contribution < 1.29 is 4.74 Å². The minimum absolute atomic E-state index is 0.539. The summed E-state index contributed by atoms with van der Waals surface area (Å²) in [6, 6.07) is 0.739. The summed E-state index contributed by atoms with van der Waals surface area (Å²) in [5.74, 6) is 1.83. The predicted molar refractivity (Wildman–Crippen MR) is 82.9 cm³/mol. The summed E-state index contributed by atoms with van der Waals surface area (Å²) in [7, 11) is 2.15. The lowest BCUT2D eigenvalue weighted by Gasteiger charge is -2.41. The molecule has 2 heterocycles. The summed E-state index contributed by atoms with van der Waals surface area (Å²) in [5.41, 5.74) is 0. The average molecular weight is 280 g/mol. The zero-order valence-corrected chi connectivity index (χ0v) is 13.3. The van der Waals surface area contributed by atoms with Gasteiger partial charge < -0.3 is 10.1 Å². The Balaban J connectivity index is 1.55. The molecule has 1 N–H and O–H groups in total. The fourth-order valence-electron chi connectivity index (χ4n) is 4.79. The molecular formula is C17H32N2O. The molecule has 2 bridgehead atoms. The number of likely N-dealkylation sites (tertiary alicyclic amines) is 1. The highest BCUT2D eigenvalue weighted by Gasteiger charge is 2.36. The van der Waals surface area contributed by atoms with E-state index < -0.39 is 0 Å². The molecule has 116 valence electrons. The third-order valence-corrected chi connectivity index (χ3v) is 5.77. The maximum atomic E-state index is 5.97. The molecule has 1 aliphatic carbocycles. The third kappa shape index (κ3) is 3.37. The molecule has 2 aliphatic heterocycles. The Bertz CT molecular complexity index is 297. The Hall–Kier alpha value is -0.120. The van der Waals surface area contributed by atoms with Crippen molar-refractivity contribution in [3.05, 3.63) is 0 Å². The SMILES string of the molecule is CCCC1CCC(NC)C(CN2CC3CCC(C2)O3)C1. The van der Waals surface area contributed by atoms with Gasteiger partial charge in [-0.3, -0.25) is 4.90 Å². The molecule has 3 aliphatic rings. The zero-order chi connectivity index (χ0) is 13.9. The Morgan fingerprint density at radius 1 is 1.10 bits per heavy atom. The molecule has 5 unspecified atom stereocenters. The summed E-state index contributed by atoms with van der Waals surface area (Å²) >= 11 is 0.